The number of piperidine rings is 1. The molecular formula is C27H35N3O2. The van der Waals surface area contributed by atoms with Crippen LogP contribution in [0.2, 0.25) is 0 Å². The largest absolute Gasteiger partial charge is 0.356 e. The summed E-state index contributed by atoms with van der Waals surface area (Å²) in [4.78, 5) is 32.7. The lowest BCUT2D eigenvalue weighted by Gasteiger charge is -2.42. The Morgan fingerprint density at radius 2 is 1.84 bits per heavy atom. The van der Waals surface area contributed by atoms with Crippen molar-refractivity contribution in [2.75, 3.05) is 19.6 Å². The van der Waals surface area contributed by atoms with Crippen LogP contribution in [0, 0.1) is 11.3 Å². The first-order chi connectivity index (χ1) is 15.6. The lowest BCUT2D eigenvalue weighted by Crippen LogP contribution is -2.54. The van der Waals surface area contributed by atoms with E-state index in [9.17, 15) is 9.59 Å². The van der Waals surface area contributed by atoms with Gasteiger partial charge in [0.05, 0.1) is 5.41 Å². The minimum Gasteiger partial charge on any atom is -0.356 e. The zero-order chi connectivity index (χ0) is 22.4. The fraction of sp³-hybridized carbons (Fsp3) is 0.519. The van der Waals surface area contributed by atoms with Crippen molar-refractivity contribution < 1.29 is 9.59 Å². The minimum atomic E-state index is -0.595. The molecule has 1 saturated heterocycles. The standard InChI is InChI=1S/C27H35N3O2/c1-2-29-26(32)27(14-7-17-30(20-27)25(31)18-21-8-3-4-9-21)19-23-10-5-6-11-24(23)22-12-15-28-16-13-22/h5-6,10-13,15-16,21H,2-4,7-9,14,17-20H2,1H3,(H,29,32). The number of aromatic nitrogens is 1. The van der Waals surface area contributed by atoms with Crippen LogP contribution in [-0.2, 0) is 16.0 Å². The van der Waals surface area contributed by atoms with Crippen LogP contribution in [0.15, 0.2) is 48.8 Å². The molecule has 5 heteroatoms. The van der Waals surface area contributed by atoms with Crippen LogP contribution >= 0.6 is 0 Å². The summed E-state index contributed by atoms with van der Waals surface area (Å²) in [7, 11) is 0. The van der Waals surface area contributed by atoms with Crippen LogP contribution < -0.4 is 5.32 Å². The van der Waals surface area contributed by atoms with Crippen LogP contribution in [-0.4, -0.2) is 41.3 Å². The van der Waals surface area contributed by atoms with Crippen molar-refractivity contribution in [1.29, 1.82) is 0 Å². The molecule has 1 aromatic heterocycles. The molecule has 5 nitrogen and oxygen atoms in total. The van der Waals surface area contributed by atoms with Gasteiger partial charge in [-0.2, -0.15) is 0 Å². The van der Waals surface area contributed by atoms with Gasteiger partial charge in [0.2, 0.25) is 11.8 Å². The van der Waals surface area contributed by atoms with Crippen molar-refractivity contribution in [3.8, 4) is 11.1 Å². The maximum atomic E-state index is 13.4. The number of hydrogen-bond donors (Lipinski definition) is 1. The van der Waals surface area contributed by atoms with Crippen LogP contribution in [0.25, 0.3) is 11.1 Å². The molecule has 0 bridgehead atoms. The highest BCUT2D eigenvalue weighted by Crippen LogP contribution is 2.38. The predicted molar refractivity (Wildman–Crippen MR) is 127 cm³/mol. The van der Waals surface area contributed by atoms with E-state index in [2.05, 4.69) is 22.4 Å². The Morgan fingerprint density at radius 3 is 2.59 bits per heavy atom. The fourth-order valence-corrected chi connectivity index (χ4v) is 5.55. The zero-order valence-corrected chi connectivity index (χ0v) is 19.2. The number of carbonyl (C=O) groups excluding carboxylic acids is 2. The van der Waals surface area contributed by atoms with E-state index in [-0.39, 0.29) is 11.8 Å². The van der Waals surface area contributed by atoms with E-state index in [1.54, 1.807) is 12.4 Å². The Bertz CT molecular complexity index is 924. The lowest BCUT2D eigenvalue weighted by atomic mass is 9.73. The van der Waals surface area contributed by atoms with Crippen molar-refractivity contribution in [2.24, 2.45) is 11.3 Å². The Balaban J connectivity index is 1.60. The van der Waals surface area contributed by atoms with Gasteiger partial charge < -0.3 is 10.2 Å². The van der Waals surface area contributed by atoms with Crippen molar-refractivity contribution >= 4 is 11.8 Å². The Hall–Kier alpha value is -2.69. The number of rotatable bonds is 7. The molecule has 1 aliphatic carbocycles. The molecule has 0 radical (unpaired) electrons. The van der Waals surface area contributed by atoms with Gasteiger partial charge in [0.1, 0.15) is 0 Å². The van der Waals surface area contributed by atoms with E-state index < -0.39 is 5.41 Å². The second kappa shape index (κ2) is 10.3. The van der Waals surface area contributed by atoms with E-state index >= 15 is 0 Å². The number of likely N-dealkylation sites (tertiary alicyclic amines) is 1. The summed E-state index contributed by atoms with van der Waals surface area (Å²) in [5.74, 6) is 0.825. The van der Waals surface area contributed by atoms with E-state index in [1.165, 1.54) is 25.7 Å². The number of amides is 2. The first-order valence-corrected chi connectivity index (χ1v) is 12.2. The highest BCUT2D eigenvalue weighted by atomic mass is 16.2. The molecule has 0 spiro atoms. The summed E-state index contributed by atoms with van der Waals surface area (Å²) in [5, 5.41) is 3.08. The average molecular weight is 434 g/mol. The molecule has 2 heterocycles. The molecule has 1 atom stereocenters. The van der Waals surface area contributed by atoms with Gasteiger partial charge in [-0.05, 0) is 73.8 Å². The molecule has 2 aliphatic rings. The molecule has 2 amide bonds. The predicted octanol–water partition coefficient (Wildman–Crippen LogP) is 4.62. The summed E-state index contributed by atoms with van der Waals surface area (Å²) in [6.45, 7) is 3.83. The van der Waals surface area contributed by atoms with Gasteiger partial charge in [-0.15, -0.1) is 0 Å². The smallest absolute Gasteiger partial charge is 0.228 e. The highest BCUT2D eigenvalue weighted by Gasteiger charge is 2.43. The van der Waals surface area contributed by atoms with Crippen LogP contribution in [0.4, 0.5) is 0 Å². The third-order valence-corrected chi connectivity index (χ3v) is 7.22. The second-order valence-corrected chi connectivity index (χ2v) is 9.48. The Labute approximate surface area is 191 Å². The van der Waals surface area contributed by atoms with Gasteiger partial charge >= 0.3 is 0 Å². The summed E-state index contributed by atoms with van der Waals surface area (Å²) < 4.78 is 0. The fourth-order valence-electron chi connectivity index (χ4n) is 5.55. The molecule has 1 N–H and O–H groups in total. The maximum Gasteiger partial charge on any atom is 0.228 e. The Kier molecular flexibility index (Phi) is 7.23. The molecule has 1 aliphatic heterocycles. The number of nitrogens with zero attached hydrogens (tertiary/aromatic N) is 2. The molecular weight excluding hydrogens is 398 g/mol. The van der Waals surface area contributed by atoms with E-state index in [1.807, 2.05) is 36.1 Å². The van der Waals surface area contributed by atoms with E-state index in [0.717, 1.165) is 36.1 Å². The molecule has 1 aromatic carbocycles. The summed E-state index contributed by atoms with van der Waals surface area (Å²) >= 11 is 0. The van der Waals surface area contributed by atoms with Crippen LogP contribution in [0.3, 0.4) is 0 Å². The molecule has 1 unspecified atom stereocenters. The minimum absolute atomic E-state index is 0.0721. The van der Waals surface area contributed by atoms with Crippen LogP contribution in [0.5, 0.6) is 0 Å². The van der Waals surface area contributed by atoms with Gasteiger partial charge in [-0.3, -0.25) is 14.6 Å². The topological polar surface area (TPSA) is 62.3 Å². The van der Waals surface area contributed by atoms with Crippen molar-refractivity contribution in [1.82, 2.24) is 15.2 Å². The van der Waals surface area contributed by atoms with Crippen LogP contribution in [0.1, 0.15) is 57.4 Å². The highest BCUT2D eigenvalue weighted by molar-refractivity contribution is 5.85. The third kappa shape index (κ3) is 5.03. The summed E-state index contributed by atoms with van der Waals surface area (Å²) in [6.07, 6.45) is 11.4. The second-order valence-electron chi connectivity index (χ2n) is 9.48. The average Bonchev–Trinajstić information content (AvgIpc) is 3.33. The summed E-state index contributed by atoms with van der Waals surface area (Å²) in [5.41, 5.74) is 2.79. The lowest BCUT2D eigenvalue weighted by molar-refractivity contribution is -0.142. The number of pyridine rings is 1. The van der Waals surface area contributed by atoms with Gasteiger partial charge in [-0.1, -0.05) is 37.1 Å². The number of benzene rings is 1. The first kappa shape index (κ1) is 22.5. The number of nitrogens with one attached hydrogen (secondary N) is 1. The zero-order valence-electron chi connectivity index (χ0n) is 19.2. The quantitative estimate of drug-likeness (QED) is 0.693. The molecule has 4 rings (SSSR count). The first-order valence-electron chi connectivity index (χ1n) is 12.2. The monoisotopic (exact) mass is 433 g/mol. The van der Waals surface area contributed by atoms with Gasteiger partial charge in [0.25, 0.3) is 0 Å². The normalized spacial score (nSPS) is 21.5. The van der Waals surface area contributed by atoms with Crippen molar-refractivity contribution in [2.45, 2.75) is 58.3 Å². The van der Waals surface area contributed by atoms with Crippen molar-refractivity contribution in [3.63, 3.8) is 0 Å². The third-order valence-electron chi connectivity index (χ3n) is 7.22. The Morgan fingerprint density at radius 1 is 1.09 bits per heavy atom. The van der Waals surface area contributed by atoms with Gasteiger partial charge in [0, 0.05) is 38.4 Å². The molecule has 170 valence electrons. The SMILES string of the molecule is CCNC(=O)C1(Cc2ccccc2-c2ccncc2)CCCN(C(=O)CC2CCCC2)C1. The van der Waals surface area contributed by atoms with Gasteiger partial charge in [0.15, 0.2) is 0 Å². The summed E-state index contributed by atoms with van der Waals surface area (Å²) in [6, 6.07) is 12.3. The number of hydrogen-bond acceptors (Lipinski definition) is 3. The molecule has 2 aromatic rings. The molecule has 2 fully saturated rings. The van der Waals surface area contributed by atoms with Crippen molar-refractivity contribution in [3.05, 3.63) is 54.4 Å². The molecule has 1 saturated carbocycles. The van der Waals surface area contributed by atoms with E-state index in [0.29, 0.717) is 31.8 Å². The van der Waals surface area contributed by atoms with E-state index in [4.69, 9.17) is 0 Å². The molecule has 32 heavy (non-hydrogen) atoms. The number of carbonyl (C=O) groups is 2. The van der Waals surface area contributed by atoms with Gasteiger partial charge in [-0.25, -0.2) is 0 Å². The maximum absolute atomic E-state index is 13.4.